The van der Waals surface area contributed by atoms with Crippen molar-refractivity contribution in [1.82, 2.24) is 4.98 Å². The van der Waals surface area contributed by atoms with Crippen molar-refractivity contribution >= 4 is 32.8 Å². The summed E-state index contributed by atoms with van der Waals surface area (Å²) in [6.07, 6.45) is 0. The van der Waals surface area contributed by atoms with Gasteiger partial charge in [-0.3, -0.25) is 9.71 Å². The Balaban J connectivity index is 1.95. The number of H-pyrrole nitrogens is 1. The highest BCUT2D eigenvalue weighted by Crippen LogP contribution is 2.20. The normalized spacial score (nSPS) is 11.4. The Kier molecular flexibility index (Phi) is 3.86. The molecular weight excluding hydrogens is 336 g/mol. The van der Waals surface area contributed by atoms with Crippen LogP contribution in [0, 0.1) is 0 Å². The molecule has 0 saturated heterocycles. The molecule has 2 N–H and O–H groups in total. The first-order valence-corrected chi connectivity index (χ1v) is 8.21. The number of rotatable bonds is 4. The summed E-state index contributed by atoms with van der Waals surface area (Å²) in [7, 11) is -2.67. The molecule has 0 amide bonds. The zero-order valence-electron chi connectivity index (χ0n) is 12.4. The molecule has 1 aromatic heterocycles. The van der Waals surface area contributed by atoms with E-state index in [4.69, 9.17) is 4.42 Å². The molecule has 8 nitrogen and oxygen atoms in total. The summed E-state index contributed by atoms with van der Waals surface area (Å²) in [5, 5.41) is 0. The summed E-state index contributed by atoms with van der Waals surface area (Å²) in [5.41, 5.74) is 0.948. The third kappa shape index (κ3) is 3.01. The van der Waals surface area contributed by atoms with Crippen LogP contribution in [0.1, 0.15) is 10.4 Å². The Bertz CT molecular complexity index is 1080. The van der Waals surface area contributed by atoms with Gasteiger partial charge in [-0.2, -0.15) is 0 Å². The third-order valence-electron chi connectivity index (χ3n) is 3.24. The van der Waals surface area contributed by atoms with Gasteiger partial charge < -0.3 is 9.15 Å². The van der Waals surface area contributed by atoms with Crippen LogP contribution >= 0.6 is 0 Å². The molecule has 0 aliphatic rings. The number of hydrogen-bond donors (Lipinski definition) is 2. The van der Waals surface area contributed by atoms with E-state index in [1.807, 2.05) is 0 Å². The molecule has 3 aromatic rings. The lowest BCUT2D eigenvalue weighted by Crippen LogP contribution is -2.13. The molecule has 124 valence electrons. The van der Waals surface area contributed by atoms with E-state index < -0.39 is 21.7 Å². The molecule has 0 bridgehead atoms. The van der Waals surface area contributed by atoms with Gasteiger partial charge in [-0.05, 0) is 36.4 Å². The first-order valence-electron chi connectivity index (χ1n) is 6.73. The topological polar surface area (TPSA) is 118 Å². The standard InChI is InChI=1S/C15H12N2O6S/c1-22-14(18)9-3-2-4-10(7-9)17-24(20,21)11-5-6-13-12(8-11)16-15(19)23-13/h2-8,17H,1H3,(H,16,19). The van der Waals surface area contributed by atoms with Crippen molar-refractivity contribution in [3.8, 4) is 0 Å². The van der Waals surface area contributed by atoms with Gasteiger partial charge in [0.25, 0.3) is 10.0 Å². The van der Waals surface area contributed by atoms with Crippen LogP contribution in [0.15, 0.2) is 56.6 Å². The van der Waals surface area contributed by atoms with Gasteiger partial charge in [-0.15, -0.1) is 0 Å². The van der Waals surface area contributed by atoms with Crippen molar-refractivity contribution in [3.63, 3.8) is 0 Å². The van der Waals surface area contributed by atoms with Crippen LogP contribution in [-0.2, 0) is 14.8 Å². The number of ether oxygens (including phenoxy) is 1. The fourth-order valence-electron chi connectivity index (χ4n) is 2.14. The number of aromatic amines is 1. The van der Waals surface area contributed by atoms with E-state index in [0.717, 1.165) is 0 Å². The van der Waals surface area contributed by atoms with E-state index in [-0.39, 0.29) is 27.2 Å². The average Bonchev–Trinajstić information content (AvgIpc) is 2.93. The molecule has 0 aliphatic heterocycles. The number of aromatic nitrogens is 1. The van der Waals surface area contributed by atoms with Gasteiger partial charge in [0.05, 0.1) is 23.1 Å². The lowest BCUT2D eigenvalue weighted by molar-refractivity contribution is 0.0601. The van der Waals surface area contributed by atoms with Gasteiger partial charge in [-0.25, -0.2) is 18.0 Å². The summed E-state index contributed by atoms with van der Waals surface area (Å²) in [5.74, 6) is -1.24. The van der Waals surface area contributed by atoms with E-state index in [1.165, 1.54) is 49.6 Å². The van der Waals surface area contributed by atoms with E-state index in [9.17, 15) is 18.0 Å². The number of nitrogens with one attached hydrogen (secondary N) is 2. The molecule has 9 heteroatoms. The van der Waals surface area contributed by atoms with Crippen molar-refractivity contribution in [3.05, 3.63) is 58.6 Å². The number of methoxy groups -OCH3 is 1. The number of oxazole rings is 1. The molecule has 0 unspecified atom stereocenters. The lowest BCUT2D eigenvalue weighted by atomic mass is 10.2. The van der Waals surface area contributed by atoms with Gasteiger partial charge in [-0.1, -0.05) is 6.07 Å². The van der Waals surface area contributed by atoms with Crippen molar-refractivity contribution in [2.75, 3.05) is 11.8 Å². The zero-order valence-corrected chi connectivity index (χ0v) is 13.2. The molecule has 0 saturated carbocycles. The van der Waals surface area contributed by atoms with E-state index in [1.54, 1.807) is 0 Å². The quantitative estimate of drug-likeness (QED) is 0.693. The number of anilines is 1. The first kappa shape index (κ1) is 15.8. The molecule has 1 heterocycles. The minimum absolute atomic E-state index is 0.0597. The van der Waals surface area contributed by atoms with Crippen LogP contribution in [0.3, 0.4) is 0 Å². The van der Waals surface area contributed by atoms with Gasteiger partial charge >= 0.3 is 11.7 Å². The smallest absolute Gasteiger partial charge is 0.417 e. The molecule has 0 spiro atoms. The Hall–Kier alpha value is -3.07. The second kappa shape index (κ2) is 5.85. The monoisotopic (exact) mass is 348 g/mol. The Morgan fingerprint density at radius 1 is 1.21 bits per heavy atom. The van der Waals surface area contributed by atoms with Crippen LogP contribution in [0.25, 0.3) is 11.1 Å². The zero-order chi connectivity index (χ0) is 17.3. The summed E-state index contributed by atoms with van der Waals surface area (Å²) >= 11 is 0. The molecule has 0 atom stereocenters. The highest BCUT2D eigenvalue weighted by molar-refractivity contribution is 7.92. The van der Waals surface area contributed by atoms with Crippen LogP contribution in [0.2, 0.25) is 0 Å². The SMILES string of the molecule is COC(=O)c1cccc(NS(=O)(=O)c2ccc3oc(=O)[nH]c3c2)c1. The van der Waals surface area contributed by atoms with Gasteiger partial charge in [0.1, 0.15) is 0 Å². The predicted molar refractivity (Wildman–Crippen MR) is 85.4 cm³/mol. The molecular formula is C15H12N2O6S. The van der Waals surface area contributed by atoms with Crippen molar-refractivity contribution < 1.29 is 22.4 Å². The summed E-state index contributed by atoms with van der Waals surface area (Å²) in [6, 6.07) is 9.88. The fraction of sp³-hybridized carbons (Fsp3) is 0.0667. The minimum atomic E-state index is -3.91. The number of carbonyl (C=O) groups excluding carboxylic acids is 1. The third-order valence-corrected chi connectivity index (χ3v) is 4.62. The molecule has 0 radical (unpaired) electrons. The second-order valence-corrected chi connectivity index (χ2v) is 6.53. The van der Waals surface area contributed by atoms with Crippen molar-refractivity contribution in [1.29, 1.82) is 0 Å². The second-order valence-electron chi connectivity index (χ2n) is 4.85. The fourth-order valence-corrected chi connectivity index (χ4v) is 3.22. The first-order chi connectivity index (χ1) is 11.4. The Morgan fingerprint density at radius 3 is 2.75 bits per heavy atom. The molecule has 2 aromatic carbocycles. The molecule has 24 heavy (non-hydrogen) atoms. The predicted octanol–water partition coefficient (Wildman–Crippen LogP) is 1.71. The molecule has 0 aliphatic carbocycles. The summed E-state index contributed by atoms with van der Waals surface area (Å²) in [6.45, 7) is 0. The van der Waals surface area contributed by atoms with Gasteiger partial charge in [0.15, 0.2) is 5.58 Å². The van der Waals surface area contributed by atoms with E-state index in [0.29, 0.717) is 0 Å². The highest BCUT2D eigenvalue weighted by Gasteiger charge is 2.17. The number of esters is 1. The van der Waals surface area contributed by atoms with Crippen LogP contribution < -0.4 is 10.5 Å². The lowest BCUT2D eigenvalue weighted by Gasteiger charge is -2.09. The maximum Gasteiger partial charge on any atom is 0.417 e. The largest absolute Gasteiger partial charge is 0.465 e. The van der Waals surface area contributed by atoms with E-state index in [2.05, 4.69) is 14.4 Å². The number of sulfonamides is 1. The van der Waals surface area contributed by atoms with Crippen molar-refractivity contribution in [2.24, 2.45) is 0 Å². The van der Waals surface area contributed by atoms with E-state index >= 15 is 0 Å². The number of benzene rings is 2. The maximum atomic E-state index is 12.5. The van der Waals surface area contributed by atoms with Crippen molar-refractivity contribution in [2.45, 2.75) is 4.90 Å². The Morgan fingerprint density at radius 2 is 2.00 bits per heavy atom. The van der Waals surface area contributed by atoms with Crippen LogP contribution in [0.5, 0.6) is 0 Å². The molecule has 3 rings (SSSR count). The number of carbonyl (C=O) groups is 1. The number of hydrogen-bond acceptors (Lipinski definition) is 6. The average molecular weight is 348 g/mol. The molecule has 0 fully saturated rings. The van der Waals surface area contributed by atoms with Crippen LogP contribution in [0.4, 0.5) is 5.69 Å². The maximum absolute atomic E-state index is 12.5. The van der Waals surface area contributed by atoms with Crippen LogP contribution in [-0.4, -0.2) is 26.5 Å². The minimum Gasteiger partial charge on any atom is -0.465 e. The summed E-state index contributed by atoms with van der Waals surface area (Å²) < 4.78 is 36.7. The number of fused-ring (bicyclic) bond motifs is 1. The Labute approximate surface area is 136 Å². The highest BCUT2D eigenvalue weighted by atomic mass is 32.2. The van der Waals surface area contributed by atoms with Gasteiger partial charge in [0.2, 0.25) is 0 Å². The summed E-state index contributed by atoms with van der Waals surface area (Å²) in [4.78, 5) is 25.0. The van der Waals surface area contributed by atoms with Gasteiger partial charge in [0, 0.05) is 5.69 Å².